The summed E-state index contributed by atoms with van der Waals surface area (Å²) in [4.78, 5) is 22.6. The molecule has 0 unspecified atom stereocenters. The number of anilines is 1. The Morgan fingerprint density at radius 3 is 2.60 bits per heavy atom. The molecule has 0 radical (unpaired) electrons. The Bertz CT molecular complexity index is 1350. The fourth-order valence-corrected chi connectivity index (χ4v) is 6.16. The summed E-state index contributed by atoms with van der Waals surface area (Å²) in [6.45, 7) is 12.9. The van der Waals surface area contributed by atoms with Crippen molar-refractivity contribution in [1.82, 2.24) is 19.5 Å². The van der Waals surface area contributed by atoms with Gasteiger partial charge < -0.3 is 14.4 Å². The molecule has 0 bridgehead atoms. The lowest BCUT2D eigenvalue weighted by molar-refractivity contribution is -0.123. The molecule has 3 aromatic rings. The molecular weight excluding hydrogens is 504 g/mol. The third-order valence-corrected chi connectivity index (χ3v) is 8.10. The average Bonchev–Trinajstić information content (AvgIpc) is 3.36. The Balaban J connectivity index is 1.33. The van der Waals surface area contributed by atoms with Gasteiger partial charge in [0.05, 0.1) is 43.3 Å². The molecule has 0 aromatic carbocycles. The second-order valence-electron chi connectivity index (χ2n) is 11.6. The van der Waals surface area contributed by atoms with Crippen LogP contribution >= 0.6 is 0 Å². The summed E-state index contributed by atoms with van der Waals surface area (Å²) < 4.78 is 13.0. The minimum atomic E-state index is 0.000773. The number of nitriles is 1. The highest BCUT2D eigenvalue weighted by molar-refractivity contribution is 5.85. The van der Waals surface area contributed by atoms with Gasteiger partial charge in [0.25, 0.3) is 0 Å². The maximum Gasteiger partial charge on any atom is 0.138 e. The van der Waals surface area contributed by atoms with Crippen molar-refractivity contribution in [3.63, 3.8) is 0 Å². The smallest absolute Gasteiger partial charge is 0.138 e. The van der Waals surface area contributed by atoms with Crippen molar-refractivity contribution in [3.05, 3.63) is 42.4 Å². The molecule has 2 aliphatic rings. The van der Waals surface area contributed by atoms with Crippen LogP contribution < -0.4 is 9.64 Å². The molecular formula is C31H40N6O3. The van der Waals surface area contributed by atoms with Gasteiger partial charge in [-0.05, 0) is 49.3 Å². The van der Waals surface area contributed by atoms with Crippen LogP contribution in [0.25, 0.3) is 16.6 Å². The van der Waals surface area contributed by atoms with Crippen molar-refractivity contribution in [2.75, 3.05) is 57.4 Å². The number of fused-ring (bicyclic) bond motifs is 1. The minimum absolute atomic E-state index is 0.000773. The van der Waals surface area contributed by atoms with Crippen molar-refractivity contribution in [2.24, 2.45) is 11.3 Å². The van der Waals surface area contributed by atoms with Crippen molar-refractivity contribution >= 4 is 17.1 Å². The Kier molecular flexibility index (Phi) is 8.67. The van der Waals surface area contributed by atoms with Gasteiger partial charge in [0.1, 0.15) is 23.4 Å². The lowest BCUT2D eigenvalue weighted by Gasteiger charge is -2.45. The maximum atomic E-state index is 13.0. The zero-order valence-corrected chi connectivity index (χ0v) is 23.9. The summed E-state index contributed by atoms with van der Waals surface area (Å²) in [6, 6.07) is 8.31. The highest BCUT2D eigenvalue weighted by Crippen LogP contribution is 2.39. The number of carbonyl (C=O) groups excluding carboxylic acids is 1. The molecule has 0 N–H and O–H groups in total. The summed E-state index contributed by atoms with van der Waals surface area (Å²) >= 11 is 0. The van der Waals surface area contributed by atoms with Crippen molar-refractivity contribution in [1.29, 1.82) is 5.26 Å². The lowest BCUT2D eigenvalue weighted by atomic mass is 9.73. The highest BCUT2D eigenvalue weighted by atomic mass is 16.5. The minimum Gasteiger partial charge on any atom is -0.492 e. The first kappa shape index (κ1) is 28.1. The van der Waals surface area contributed by atoms with Crippen LogP contribution in [0, 0.1) is 22.7 Å². The van der Waals surface area contributed by atoms with E-state index in [1.807, 2.05) is 19.2 Å². The van der Waals surface area contributed by atoms with E-state index in [0.29, 0.717) is 42.5 Å². The van der Waals surface area contributed by atoms with Gasteiger partial charge in [-0.3, -0.25) is 9.69 Å². The Labute approximate surface area is 236 Å². The van der Waals surface area contributed by atoms with Crippen LogP contribution in [0.3, 0.4) is 0 Å². The van der Waals surface area contributed by atoms with Gasteiger partial charge in [-0.1, -0.05) is 13.8 Å². The van der Waals surface area contributed by atoms with Gasteiger partial charge in [0.15, 0.2) is 0 Å². The molecule has 9 nitrogen and oxygen atoms in total. The monoisotopic (exact) mass is 544 g/mol. The molecule has 2 aliphatic heterocycles. The highest BCUT2D eigenvalue weighted by Gasteiger charge is 2.38. The molecule has 0 atom stereocenters. The van der Waals surface area contributed by atoms with Gasteiger partial charge in [-0.25, -0.2) is 9.50 Å². The number of piperidine rings is 1. The summed E-state index contributed by atoms with van der Waals surface area (Å²) in [5, 5.41) is 14.0. The molecule has 0 saturated carbocycles. The van der Waals surface area contributed by atoms with Crippen LogP contribution in [0.4, 0.5) is 5.82 Å². The second-order valence-corrected chi connectivity index (χ2v) is 11.6. The number of hydrogen-bond acceptors (Lipinski definition) is 8. The molecule has 212 valence electrons. The third-order valence-electron chi connectivity index (χ3n) is 8.10. The molecule has 3 aromatic heterocycles. The molecule has 40 heavy (non-hydrogen) atoms. The number of morpholine rings is 1. The summed E-state index contributed by atoms with van der Waals surface area (Å²) in [6.07, 6.45) is 8.50. The summed E-state index contributed by atoms with van der Waals surface area (Å²) in [7, 11) is 0. The van der Waals surface area contributed by atoms with E-state index in [2.05, 4.69) is 46.9 Å². The number of ketones is 1. The number of carbonyl (C=O) groups is 1. The first-order valence-corrected chi connectivity index (χ1v) is 14.5. The topological polar surface area (TPSA) is 96.0 Å². The largest absolute Gasteiger partial charge is 0.492 e. The van der Waals surface area contributed by atoms with Crippen LogP contribution in [0.2, 0.25) is 0 Å². The van der Waals surface area contributed by atoms with Gasteiger partial charge in [0, 0.05) is 62.9 Å². The Morgan fingerprint density at radius 2 is 1.95 bits per heavy atom. The number of Topliss-reactive ketones (excluding diaryl/α,β-unsaturated/α-hetero) is 1. The van der Waals surface area contributed by atoms with Crippen molar-refractivity contribution < 1.29 is 14.3 Å². The number of nitrogens with zero attached hydrogens (tertiary/aromatic N) is 6. The number of aromatic nitrogens is 3. The molecule has 2 saturated heterocycles. The second kappa shape index (κ2) is 12.4. The number of ether oxygens (including phenoxy) is 2. The van der Waals surface area contributed by atoms with E-state index >= 15 is 0 Å². The molecule has 0 aliphatic carbocycles. The van der Waals surface area contributed by atoms with E-state index < -0.39 is 0 Å². The van der Waals surface area contributed by atoms with Gasteiger partial charge in [-0.15, -0.1) is 0 Å². The maximum absolute atomic E-state index is 13.0. The summed E-state index contributed by atoms with van der Waals surface area (Å²) in [5.41, 5.74) is 3.04. The average molecular weight is 545 g/mol. The fraction of sp³-hybridized carbons (Fsp3) is 0.548. The molecule has 0 spiro atoms. The zero-order valence-electron chi connectivity index (χ0n) is 23.9. The Morgan fingerprint density at radius 1 is 1.18 bits per heavy atom. The molecule has 9 heteroatoms. The molecule has 5 rings (SSSR count). The van der Waals surface area contributed by atoms with E-state index in [-0.39, 0.29) is 5.41 Å². The predicted molar refractivity (Wildman–Crippen MR) is 155 cm³/mol. The quantitative estimate of drug-likeness (QED) is 0.366. The Hall–Kier alpha value is -3.48. The van der Waals surface area contributed by atoms with Crippen LogP contribution in [0.5, 0.6) is 5.75 Å². The zero-order chi connectivity index (χ0) is 28.1. The van der Waals surface area contributed by atoms with E-state index in [9.17, 15) is 10.1 Å². The van der Waals surface area contributed by atoms with Gasteiger partial charge in [-0.2, -0.15) is 10.4 Å². The van der Waals surface area contributed by atoms with Gasteiger partial charge >= 0.3 is 0 Å². The number of rotatable bonds is 10. The van der Waals surface area contributed by atoms with E-state index in [1.54, 1.807) is 16.9 Å². The molecule has 0 amide bonds. The van der Waals surface area contributed by atoms with Crippen molar-refractivity contribution in [3.8, 4) is 22.9 Å². The molecule has 5 heterocycles. The third kappa shape index (κ3) is 6.29. The van der Waals surface area contributed by atoms with Crippen LogP contribution in [-0.4, -0.2) is 77.8 Å². The van der Waals surface area contributed by atoms with Gasteiger partial charge in [0.2, 0.25) is 0 Å². The SMILES string of the molecule is CCOc1cc(-c2ccc(N3CCC(CC(=O)CC(C)C)(CN4CCOCC4)CC3)nc2)c2c(C#N)cnn2c1. The number of pyridine rings is 2. The molecule has 2 fully saturated rings. The van der Waals surface area contributed by atoms with Crippen LogP contribution in [0.1, 0.15) is 52.0 Å². The van der Waals surface area contributed by atoms with Crippen LogP contribution in [0.15, 0.2) is 36.8 Å². The van der Waals surface area contributed by atoms with E-state index in [4.69, 9.17) is 14.5 Å². The van der Waals surface area contributed by atoms with Crippen molar-refractivity contribution in [2.45, 2.75) is 46.5 Å². The van der Waals surface area contributed by atoms with E-state index in [0.717, 1.165) is 81.2 Å². The fourth-order valence-electron chi connectivity index (χ4n) is 6.16. The number of hydrogen-bond donors (Lipinski definition) is 0. The first-order chi connectivity index (χ1) is 19.4. The lowest BCUT2D eigenvalue weighted by Crippen LogP contribution is -2.50. The first-order valence-electron chi connectivity index (χ1n) is 14.5. The normalized spacial score (nSPS) is 17.7. The standard InChI is InChI=1S/C31H40N6O3/c1-4-40-27-16-28(30-25(18-32)20-34-37(30)21-27)24-5-6-29(33-19-24)36-9-7-31(8-10-36,17-26(38)15-23(2)3)22-35-11-13-39-14-12-35/h5-6,16,19-21,23H,4,7-15,17,22H2,1-3H3. The van der Waals surface area contributed by atoms with E-state index in [1.165, 1.54) is 0 Å². The predicted octanol–water partition coefficient (Wildman–Crippen LogP) is 4.59. The summed E-state index contributed by atoms with van der Waals surface area (Å²) in [5.74, 6) is 2.40. The van der Waals surface area contributed by atoms with Crippen LogP contribution in [-0.2, 0) is 9.53 Å².